The zero-order valence-corrected chi connectivity index (χ0v) is 16.4. The molecule has 4 rings (SSSR count). The number of fused-ring (bicyclic) bond motifs is 1. The fraction of sp³-hybridized carbons (Fsp3) is 0.0455. The van der Waals surface area contributed by atoms with E-state index < -0.39 is 26.8 Å². The van der Waals surface area contributed by atoms with E-state index in [-0.39, 0.29) is 22.1 Å². The molecule has 1 aromatic heterocycles. The van der Waals surface area contributed by atoms with Gasteiger partial charge < -0.3 is 8.60 Å². The van der Waals surface area contributed by atoms with E-state index in [0.29, 0.717) is 17.2 Å². The van der Waals surface area contributed by atoms with Crippen LogP contribution in [0.5, 0.6) is 5.75 Å². The van der Waals surface area contributed by atoms with Crippen LogP contribution in [0.1, 0.15) is 5.56 Å². The van der Waals surface area contributed by atoms with Crippen molar-refractivity contribution in [3.63, 3.8) is 0 Å². The fourth-order valence-electron chi connectivity index (χ4n) is 3.07. The molecule has 0 aliphatic rings. The molecule has 0 saturated carbocycles. The topological polar surface area (TPSA) is 73.6 Å². The van der Waals surface area contributed by atoms with Crippen molar-refractivity contribution >= 4 is 21.1 Å². The first kappa shape index (κ1) is 20.7. The van der Waals surface area contributed by atoms with Crippen molar-refractivity contribution in [2.24, 2.45) is 0 Å². The second-order valence-corrected chi connectivity index (χ2v) is 8.05. The highest BCUT2D eigenvalue weighted by molar-refractivity contribution is 7.87. The SMILES string of the molecule is O=c1c(-c2ccccc2)coc2cc(OS(=O)(=O)c3ccccc3C(F)(F)F)ccc12. The summed E-state index contributed by atoms with van der Waals surface area (Å²) in [5, 5.41) is 0.168. The van der Waals surface area contributed by atoms with E-state index in [2.05, 4.69) is 0 Å². The molecule has 0 atom stereocenters. The minimum atomic E-state index is -4.88. The number of benzene rings is 3. The molecule has 5 nitrogen and oxygen atoms in total. The number of rotatable bonds is 4. The second-order valence-electron chi connectivity index (χ2n) is 6.53. The summed E-state index contributed by atoms with van der Waals surface area (Å²) in [5.74, 6) is -0.292. The molecule has 4 aromatic rings. The van der Waals surface area contributed by atoms with E-state index in [1.807, 2.05) is 0 Å². The Bertz CT molecular complexity index is 1430. The van der Waals surface area contributed by atoms with Crippen LogP contribution in [0.25, 0.3) is 22.1 Å². The van der Waals surface area contributed by atoms with Crippen LogP contribution in [0, 0.1) is 0 Å². The molecule has 31 heavy (non-hydrogen) atoms. The molecule has 0 fully saturated rings. The van der Waals surface area contributed by atoms with E-state index in [1.54, 1.807) is 30.3 Å². The van der Waals surface area contributed by atoms with E-state index in [0.717, 1.165) is 24.3 Å². The Morgan fingerprint density at radius 2 is 1.55 bits per heavy atom. The van der Waals surface area contributed by atoms with E-state index in [9.17, 15) is 26.4 Å². The summed E-state index contributed by atoms with van der Waals surface area (Å²) in [4.78, 5) is 11.7. The first-order valence-corrected chi connectivity index (χ1v) is 10.3. The van der Waals surface area contributed by atoms with Gasteiger partial charge in [-0.25, -0.2) is 0 Å². The lowest BCUT2D eigenvalue weighted by molar-refractivity contribution is -0.139. The van der Waals surface area contributed by atoms with Gasteiger partial charge in [0.05, 0.1) is 16.5 Å². The molecular weight excluding hydrogens is 433 g/mol. The molecule has 0 aliphatic heterocycles. The molecule has 0 bridgehead atoms. The molecule has 158 valence electrons. The number of hydrogen-bond acceptors (Lipinski definition) is 5. The summed E-state index contributed by atoms with van der Waals surface area (Å²) < 4.78 is 74.9. The Morgan fingerprint density at radius 1 is 0.871 bits per heavy atom. The highest BCUT2D eigenvalue weighted by Crippen LogP contribution is 2.35. The zero-order chi connectivity index (χ0) is 22.2. The first-order chi connectivity index (χ1) is 14.7. The average molecular weight is 446 g/mol. The monoisotopic (exact) mass is 446 g/mol. The summed E-state index contributed by atoms with van der Waals surface area (Å²) in [5.41, 5.74) is -0.695. The summed E-state index contributed by atoms with van der Waals surface area (Å²) in [6.07, 6.45) is -3.64. The number of halogens is 3. The van der Waals surface area contributed by atoms with Crippen LogP contribution in [0.4, 0.5) is 13.2 Å². The third-order valence-electron chi connectivity index (χ3n) is 4.50. The van der Waals surface area contributed by atoms with E-state index in [1.165, 1.54) is 18.4 Å². The molecule has 0 amide bonds. The summed E-state index contributed by atoms with van der Waals surface area (Å²) in [6, 6.07) is 16.1. The van der Waals surface area contributed by atoms with Crippen LogP contribution >= 0.6 is 0 Å². The fourth-order valence-corrected chi connectivity index (χ4v) is 4.21. The molecule has 9 heteroatoms. The van der Waals surface area contributed by atoms with Gasteiger partial charge in [0, 0.05) is 6.07 Å². The Balaban J connectivity index is 1.73. The molecule has 0 radical (unpaired) electrons. The van der Waals surface area contributed by atoms with Crippen LogP contribution in [0.3, 0.4) is 0 Å². The minimum absolute atomic E-state index is 0.0292. The molecule has 1 heterocycles. The average Bonchev–Trinajstić information content (AvgIpc) is 2.74. The Morgan fingerprint density at radius 3 is 2.26 bits per heavy atom. The highest BCUT2D eigenvalue weighted by atomic mass is 32.2. The van der Waals surface area contributed by atoms with Gasteiger partial charge >= 0.3 is 16.3 Å². The van der Waals surface area contributed by atoms with Crippen LogP contribution in [-0.4, -0.2) is 8.42 Å². The lowest BCUT2D eigenvalue weighted by Gasteiger charge is -2.13. The van der Waals surface area contributed by atoms with Gasteiger partial charge in [-0.3, -0.25) is 4.79 Å². The standard InChI is InChI=1S/C22H13F3O5S/c23-22(24,25)18-8-4-5-9-20(18)31(27,28)30-15-10-11-16-19(12-15)29-13-17(21(16)26)14-6-2-1-3-7-14/h1-13H. The predicted molar refractivity (Wildman–Crippen MR) is 107 cm³/mol. The van der Waals surface area contributed by atoms with Gasteiger partial charge in [-0.15, -0.1) is 0 Å². The Kier molecular flexibility index (Phi) is 5.06. The molecule has 0 aliphatic carbocycles. The Labute approximate surface area is 174 Å². The van der Waals surface area contributed by atoms with Gasteiger partial charge in [-0.05, 0) is 29.8 Å². The number of hydrogen-bond donors (Lipinski definition) is 0. The molecule has 0 N–H and O–H groups in total. The predicted octanol–water partition coefficient (Wildman–Crippen LogP) is 5.25. The van der Waals surface area contributed by atoms with Crippen LogP contribution in [0.15, 0.2) is 93.2 Å². The third-order valence-corrected chi connectivity index (χ3v) is 5.81. The molecular formula is C22H13F3O5S. The Hall–Kier alpha value is -3.59. The van der Waals surface area contributed by atoms with Gasteiger partial charge in [0.2, 0.25) is 0 Å². The number of alkyl halides is 3. The van der Waals surface area contributed by atoms with Crippen LogP contribution in [-0.2, 0) is 16.3 Å². The van der Waals surface area contributed by atoms with Crippen LogP contribution < -0.4 is 9.61 Å². The highest BCUT2D eigenvalue weighted by Gasteiger charge is 2.37. The van der Waals surface area contributed by atoms with Gasteiger partial charge in [0.1, 0.15) is 22.5 Å². The molecule has 0 saturated heterocycles. The van der Waals surface area contributed by atoms with Crippen molar-refractivity contribution in [2.75, 3.05) is 0 Å². The maximum atomic E-state index is 13.2. The summed E-state index contributed by atoms with van der Waals surface area (Å²) >= 11 is 0. The van der Waals surface area contributed by atoms with E-state index >= 15 is 0 Å². The second kappa shape index (κ2) is 7.59. The molecule has 3 aromatic carbocycles. The van der Waals surface area contributed by atoms with Gasteiger partial charge in [-0.1, -0.05) is 42.5 Å². The third kappa shape index (κ3) is 4.04. The minimum Gasteiger partial charge on any atom is -0.463 e. The smallest absolute Gasteiger partial charge is 0.417 e. The normalized spacial score (nSPS) is 12.1. The summed E-state index contributed by atoms with van der Waals surface area (Å²) in [7, 11) is -4.80. The van der Waals surface area contributed by atoms with Gasteiger partial charge in [0.15, 0.2) is 5.43 Å². The first-order valence-electron chi connectivity index (χ1n) is 8.88. The molecule has 0 unspecified atom stereocenters. The maximum absolute atomic E-state index is 13.2. The lowest BCUT2D eigenvalue weighted by Crippen LogP contribution is -2.17. The van der Waals surface area contributed by atoms with Crippen molar-refractivity contribution in [3.8, 4) is 16.9 Å². The van der Waals surface area contributed by atoms with Gasteiger partial charge in [-0.2, -0.15) is 21.6 Å². The maximum Gasteiger partial charge on any atom is 0.417 e. The lowest BCUT2D eigenvalue weighted by atomic mass is 10.1. The van der Waals surface area contributed by atoms with Crippen molar-refractivity contribution in [3.05, 3.63) is 94.8 Å². The quantitative estimate of drug-likeness (QED) is 0.401. The van der Waals surface area contributed by atoms with Crippen molar-refractivity contribution in [1.82, 2.24) is 0 Å². The molecule has 0 spiro atoms. The largest absolute Gasteiger partial charge is 0.463 e. The van der Waals surface area contributed by atoms with Crippen molar-refractivity contribution in [2.45, 2.75) is 11.1 Å². The van der Waals surface area contributed by atoms with Crippen molar-refractivity contribution in [1.29, 1.82) is 0 Å². The van der Waals surface area contributed by atoms with Gasteiger partial charge in [0.25, 0.3) is 0 Å². The van der Waals surface area contributed by atoms with Crippen LogP contribution in [0.2, 0.25) is 0 Å². The summed E-state index contributed by atoms with van der Waals surface area (Å²) in [6.45, 7) is 0. The van der Waals surface area contributed by atoms with E-state index in [4.69, 9.17) is 8.60 Å². The zero-order valence-electron chi connectivity index (χ0n) is 15.6. The van der Waals surface area contributed by atoms with Crippen molar-refractivity contribution < 1.29 is 30.2 Å².